The maximum Gasteiger partial charge on any atom is 0.422 e. The molecular weight excluding hydrogens is 433 g/mol. The molecule has 0 aliphatic heterocycles. The van der Waals surface area contributed by atoms with E-state index in [0.29, 0.717) is 29.5 Å². The summed E-state index contributed by atoms with van der Waals surface area (Å²) in [5, 5.41) is 0. The van der Waals surface area contributed by atoms with Crippen molar-refractivity contribution >= 4 is 0 Å². The Labute approximate surface area is 183 Å². The van der Waals surface area contributed by atoms with Crippen LogP contribution in [0, 0.1) is 35.1 Å². The summed E-state index contributed by atoms with van der Waals surface area (Å²) in [6.45, 7) is 4.40. The molecule has 1 unspecified atom stereocenters. The van der Waals surface area contributed by atoms with E-state index >= 15 is 0 Å². The lowest BCUT2D eigenvalue weighted by atomic mass is 9.76. The lowest BCUT2D eigenvalue weighted by molar-refractivity contribution is -0.142. The highest BCUT2D eigenvalue weighted by Gasteiger charge is 2.38. The van der Waals surface area contributed by atoms with E-state index in [1.165, 1.54) is 6.42 Å². The van der Waals surface area contributed by atoms with E-state index in [2.05, 4.69) is 13.8 Å². The first kappa shape index (κ1) is 24.6. The van der Waals surface area contributed by atoms with E-state index in [-0.39, 0.29) is 5.92 Å². The van der Waals surface area contributed by atoms with Crippen LogP contribution in [-0.4, -0.2) is 0 Å². The van der Waals surface area contributed by atoms with Gasteiger partial charge in [0.05, 0.1) is 5.56 Å². The summed E-state index contributed by atoms with van der Waals surface area (Å²) in [6, 6.07) is 2.90. The van der Waals surface area contributed by atoms with Gasteiger partial charge in [-0.25, -0.2) is 17.6 Å². The molecule has 0 saturated heterocycles. The summed E-state index contributed by atoms with van der Waals surface area (Å²) in [7, 11) is 0. The zero-order valence-corrected chi connectivity index (χ0v) is 18.1. The molecule has 176 valence electrons. The average molecular weight is 460 g/mol. The first-order valence-electron chi connectivity index (χ1n) is 11.1. The van der Waals surface area contributed by atoms with Gasteiger partial charge in [0.2, 0.25) is 0 Å². The third kappa shape index (κ3) is 5.46. The van der Waals surface area contributed by atoms with Crippen molar-refractivity contribution in [2.24, 2.45) is 11.8 Å². The molecule has 0 N–H and O–H groups in total. The zero-order chi connectivity index (χ0) is 23.6. The fourth-order valence-corrected chi connectivity index (χ4v) is 4.60. The number of alkyl halides is 3. The molecule has 0 heterocycles. The normalized spacial score (nSPS) is 20.4. The maximum absolute atomic E-state index is 14.8. The molecule has 0 spiro atoms. The molecular formula is C25H27F7. The van der Waals surface area contributed by atoms with Crippen molar-refractivity contribution in [2.75, 3.05) is 0 Å². The van der Waals surface area contributed by atoms with Gasteiger partial charge in [-0.05, 0) is 78.8 Å². The molecule has 2 aromatic carbocycles. The van der Waals surface area contributed by atoms with Crippen LogP contribution in [0.1, 0.15) is 75.8 Å². The first-order valence-corrected chi connectivity index (χ1v) is 11.1. The number of rotatable bonds is 6. The van der Waals surface area contributed by atoms with E-state index in [4.69, 9.17) is 0 Å². The highest BCUT2D eigenvalue weighted by molar-refractivity contribution is 5.66. The zero-order valence-electron chi connectivity index (χ0n) is 18.1. The minimum absolute atomic E-state index is 0.0195. The third-order valence-corrected chi connectivity index (χ3v) is 6.76. The predicted molar refractivity (Wildman–Crippen MR) is 110 cm³/mol. The van der Waals surface area contributed by atoms with Crippen LogP contribution in [0.4, 0.5) is 30.7 Å². The smallest absolute Gasteiger partial charge is 0.206 e. The Morgan fingerprint density at radius 2 is 1.38 bits per heavy atom. The fourth-order valence-electron chi connectivity index (χ4n) is 4.60. The summed E-state index contributed by atoms with van der Waals surface area (Å²) < 4.78 is 95.6. The molecule has 0 amide bonds. The Bertz CT molecular complexity index is 894. The molecule has 32 heavy (non-hydrogen) atoms. The quantitative estimate of drug-likeness (QED) is 0.377. The van der Waals surface area contributed by atoms with Gasteiger partial charge in [-0.15, -0.1) is 0 Å². The number of benzene rings is 2. The minimum atomic E-state index is -5.25. The van der Waals surface area contributed by atoms with Crippen LogP contribution in [-0.2, 0) is 6.18 Å². The Balaban J connectivity index is 1.78. The molecule has 1 aliphatic rings. The van der Waals surface area contributed by atoms with Crippen LogP contribution in [0.25, 0.3) is 11.1 Å². The van der Waals surface area contributed by atoms with Gasteiger partial charge in [0, 0.05) is 0 Å². The molecule has 0 aromatic heterocycles. The van der Waals surface area contributed by atoms with Gasteiger partial charge in [0.15, 0.2) is 0 Å². The van der Waals surface area contributed by atoms with E-state index in [0.717, 1.165) is 50.7 Å². The van der Waals surface area contributed by atoms with Gasteiger partial charge in [0.1, 0.15) is 28.8 Å². The summed E-state index contributed by atoms with van der Waals surface area (Å²) in [5.74, 6) is -4.64. The molecule has 0 nitrogen and oxygen atoms in total. The number of hydrogen-bond donors (Lipinski definition) is 0. The lowest BCUT2D eigenvalue weighted by Gasteiger charge is -2.29. The van der Waals surface area contributed by atoms with Gasteiger partial charge >= 0.3 is 6.18 Å². The highest BCUT2D eigenvalue weighted by atomic mass is 19.4. The second kappa shape index (κ2) is 9.84. The molecule has 1 atom stereocenters. The Hall–Kier alpha value is -2.05. The number of halogens is 7. The van der Waals surface area contributed by atoms with Gasteiger partial charge in [0.25, 0.3) is 0 Å². The van der Waals surface area contributed by atoms with Crippen molar-refractivity contribution in [3.8, 4) is 11.1 Å². The highest BCUT2D eigenvalue weighted by Crippen LogP contribution is 2.41. The Morgan fingerprint density at radius 1 is 0.844 bits per heavy atom. The lowest BCUT2D eigenvalue weighted by Crippen LogP contribution is -2.15. The SMILES string of the molecule is CCC(C)CCC1CCC(c2cc(F)c(-c3cc(F)c(C(F)(F)F)c(F)c3)c(F)c2)CC1. The summed E-state index contributed by atoms with van der Waals surface area (Å²) in [6.07, 6.45) is 1.76. The van der Waals surface area contributed by atoms with Crippen molar-refractivity contribution in [3.05, 3.63) is 58.7 Å². The molecule has 1 fully saturated rings. The van der Waals surface area contributed by atoms with Crippen LogP contribution in [0.2, 0.25) is 0 Å². The molecule has 0 radical (unpaired) electrons. The maximum atomic E-state index is 14.8. The van der Waals surface area contributed by atoms with Crippen LogP contribution < -0.4 is 0 Å². The van der Waals surface area contributed by atoms with Crippen LogP contribution in [0.5, 0.6) is 0 Å². The second-order valence-electron chi connectivity index (χ2n) is 8.98. The molecule has 1 saturated carbocycles. The first-order chi connectivity index (χ1) is 15.0. The van der Waals surface area contributed by atoms with Crippen molar-refractivity contribution in [2.45, 2.75) is 70.9 Å². The van der Waals surface area contributed by atoms with E-state index in [9.17, 15) is 30.7 Å². The summed E-state index contributed by atoms with van der Waals surface area (Å²) >= 11 is 0. The van der Waals surface area contributed by atoms with Crippen LogP contribution in [0.15, 0.2) is 24.3 Å². The van der Waals surface area contributed by atoms with E-state index in [1.54, 1.807) is 0 Å². The predicted octanol–water partition coefficient (Wildman–Crippen LogP) is 9.03. The van der Waals surface area contributed by atoms with Gasteiger partial charge in [-0.3, -0.25) is 0 Å². The average Bonchev–Trinajstić information content (AvgIpc) is 2.70. The molecule has 0 bridgehead atoms. The second-order valence-corrected chi connectivity index (χ2v) is 8.98. The molecule has 7 heteroatoms. The third-order valence-electron chi connectivity index (χ3n) is 6.76. The van der Waals surface area contributed by atoms with Gasteiger partial charge in [-0.2, -0.15) is 13.2 Å². The van der Waals surface area contributed by atoms with E-state index < -0.39 is 46.1 Å². The Morgan fingerprint density at radius 3 is 1.84 bits per heavy atom. The summed E-state index contributed by atoms with van der Waals surface area (Å²) in [5.41, 5.74) is -2.95. The fraction of sp³-hybridized carbons (Fsp3) is 0.520. The molecule has 2 aromatic rings. The van der Waals surface area contributed by atoms with E-state index in [1.807, 2.05) is 0 Å². The monoisotopic (exact) mass is 460 g/mol. The van der Waals surface area contributed by atoms with Gasteiger partial charge < -0.3 is 0 Å². The van der Waals surface area contributed by atoms with Crippen LogP contribution >= 0.6 is 0 Å². The van der Waals surface area contributed by atoms with Crippen molar-refractivity contribution in [3.63, 3.8) is 0 Å². The van der Waals surface area contributed by atoms with Crippen molar-refractivity contribution < 1.29 is 30.7 Å². The summed E-state index contributed by atoms with van der Waals surface area (Å²) in [4.78, 5) is 0. The largest absolute Gasteiger partial charge is 0.422 e. The standard InChI is InChI=1S/C25H27F7/c1-3-14(2)4-5-15-6-8-16(9-7-15)17-10-19(26)23(20(27)11-17)18-12-21(28)24(22(29)13-18)25(30,31)32/h10-16H,3-9H2,1-2H3. The van der Waals surface area contributed by atoms with Crippen molar-refractivity contribution in [1.82, 2.24) is 0 Å². The minimum Gasteiger partial charge on any atom is -0.206 e. The topological polar surface area (TPSA) is 0 Å². The van der Waals surface area contributed by atoms with Crippen molar-refractivity contribution in [1.29, 1.82) is 0 Å². The Kier molecular flexibility index (Phi) is 7.56. The van der Waals surface area contributed by atoms with Gasteiger partial charge in [-0.1, -0.05) is 33.1 Å². The molecule has 3 rings (SSSR count). The number of hydrogen-bond acceptors (Lipinski definition) is 0. The molecule has 1 aliphatic carbocycles. The van der Waals surface area contributed by atoms with Crippen LogP contribution in [0.3, 0.4) is 0 Å².